The van der Waals surface area contributed by atoms with Gasteiger partial charge in [-0.3, -0.25) is 14.5 Å². The first-order valence-electron chi connectivity index (χ1n) is 9.93. The van der Waals surface area contributed by atoms with Gasteiger partial charge in [-0.1, -0.05) is 23.7 Å². The van der Waals surface area contributed by atoms with Gasteiger partial charge in [0.2, 0.25) is 0 Å². The third kappa shape index (κ3) is 5.00. The summed E-state index contributed by atoms with van der Waals surface area (Å²) in [6, 6.07) is 12.1. The Morgan fingerprint density at radius 3 is 2.35 bits per heavy atom. The van der Waals surface area contributed by atoms with Crippen molar-refractivity contribution in [3.05, 3.63) is 58.7 Å². The van der Waals surface area contributed by atoms with Crippen LogP contribution < -0.4 is 14.8 Å². The zero-order valence-corrected chi connectivity index (χ0v) is 18.5. The number of rotatable bonds is 10. The molecule has 2 amide bonds. The molecule has 0 aliphatic carbocycles. The normalized spacial score (nSPS) is 13.7. The van der Waals surface area contributed by atoms with E-state index in [9.17, 15) is 9.59 Å². The average molecular weight is 445 g/mol. The molecule has 2 aromatic rings. The van der Waals surface area contributed by atoms with Crippen LogP contribution in [0.15, 0.2) is 48.2 Å². The fourth-order valence-corrected chi connectivity index (χ4v) is 3.54. The van der Waals surface area contributed by atoms with Crippen LogP contribution in [0.2, 0.25) is 5.02 Å². The monoisotopic (exact) mass is 444 g/mol. The number of ether oxygens (including phenoxy) is 3. The topological polar surface area (TPSA) is 77.1 Å². The molecule has 164 valence electrons. The summed E-state index contributed by atoms with van der Waals surface area (Å²) in [7, 11) is 3.09. The summed E-state index contributed by atoms with van der Waals surface area (Å²) in [4.78, 5) is 27.6. The van der Waals surface area contributed by atoms with Crippen LogP contribution in [-0.4, -0.2) is 50.7 Å². The van der Waals surface area contributed by atoms with Crippen molar-refractivity contribution in [1.82, 2.24) is 4.90 Å². The fraction of sp³-hybridized carbons (Fsp3) is 0.304. The third-order valence-corrected chi connectivity index (χ3v) is 5.14. The van der Waals surface area contributed by atoms with Gasteiger partial charge in [0.05, 0.1) is 24.8 Å². The highest BCUT2D eigenvalue weighted by atomic mass is 35.5. The number of carbonyl (C=O) groups is 2. The van der Waals surface area contributed by atoms with Gasteiger partial charge < -0.3 is 19.5 Å². The van der Waals surface area contributed by atoms with E-state index in [1.54, 1.807) is 49.6 Å². The summed E-state index contributed by atoms with van der Waals surface area (Å²) < 4.78 is 15.7. The summed E-state index contributed by atoms with van der Waals surface area (Å²) in [5.74, 6) is 0.433. The van der Waals surface area contributed by atoms with Crippen LogP contribution in [0.1, 0.15) is 18.9 Å². The van der Waals surface area contributed by atoms with Gasteiger partial charge in [0.25, 0.3) is 11.8 Å². The SMILES string of the molecule is CCOCCCN1C(=O)C(Nc2ccc(OC)c(Cl)c2)=C(c2ccc(OC)cc2)C1=O. The van der Waals surface area contributed by atoms with Gasteiger partial charge in [-0.15, -0.1) is 0 Å². The highest BCUT2D eigenvalue weighted by Crippen LogP contribution is 2.33. The van der Waals surface area contributed by atoms with Crippen molar-refractivity contribution in [2.45, 2.75) is 13.3 Å². The van der Waals surface area contributed by atoms with E-state index in [1.807, 2.05) is 6.92 Å². The minimum atomic E-state index is -0.390. The molecule has 0 spiro atoms. The molecule has 3 rings (SSSR count). The maximum atomic E-state index is 13.2. The Morgan fingerprint density at radius 1 is 1.00 bits per heavy atom. The number of nitrogens with zero attached hydrogens (tertiary/aromatic N) is 1. The summed E-state index contributed by atoms with van der Waals surface area (Å²) >= 11 is 6.22. The van der Waals surface area contributed by atoms with Crippen LogP contribution in [0, 0.1) is 0 Å². The first-order valence-corrected chi connectivity index (χ1v) is 10.3. The standard InChI is InChI=1S/C23H25ClN2O5/c1-4-31-13-5-12-26-22(27)20(15-6-9-17(29-2)10-7-15)21(23(26)28)25-16-8-11-19(30-3)18(24)14-16/h6-11,14,25H,4-5,12-13H2,1-3H3. The average Bonchev–Trinajstić information content (AvgIpc) is 3.01. The smallest absolute Gasteiger partial charge is 0.278 e. The highest BCUT2D eigenvalue weighted by Gasteiger charge is 2.38. The predicted octanol–water partition coefficient (Wildman–Crippen LogP) is 3.98. The molecule has 0 unspecified atom stereocenters. The Kier molecular flexibility index (Phi) is 7.55. The number of amides is 2. The summed E-state index contributed by atoms with van der Waals surface area (Å²) in [5, 5.41) is 3.48. The van der Waals surface area contributed by atoms with Crippen LogP contribution in [0.25, 0.3) is 5.57 Å². The number of nitrogens with one attached hydrogen (secondary N) is 1. The molecule has 31 heavy (non-hydrogen) atoms. The molecule has 2 aromatic carbocycles. The Bertz CT molecular complexity index is 988. The summed E-state index contributed by atoms with van der Waals surface area (Å²) in [5.41, 5.74) is 1.70. The summed E-state index contributed by atoms with van der Waals surface area (Å²) in [6.45, 7) is 3.23. The van der Waals surface area contributed by atoms with E-state index >= 15 is 0 Å². The predicted molar refractivity (Wildman–Crippen MR) is 119 cm³/mol. The number of hydrogen-bond acceptors (Lipinski definition) is 6. The van der Waals surface area contributed by atoms with Crippen molar-refractivity contribution in [3.63, 3.8) is 0 Å². The molecule has 0 aromatic heterocycles. The maximum absolute atomic E-state index is 13.2. The second kappa shape index (κ2) is 10.3. The van der Waals surface area contributed by atoms with Gasteiger partial charge in [0, 0.05) is 25.4 Å². The van der Waals surface area contributed by atoms with Crippen molar-refractivity contribution in [1.29, 1.82) is 0 Å². The van der Waals surface area contributed by atoms with Crippen LogP contribution in [0.4, 0.5) is 5.69 Å². The molecular formula is C23H25ClN2O5. The second-order valence-electron chi connectivity index (χ2n) is 6.77. The molecule has 1 aliphatic heterocycles. The van der Waals surface area contributed by atoms with Crippen LogP contribution in [0.5, 0.6) is 11.5 Å². The molecule has 8 heteroatoms. The number of halogens is 1. The van der Waals surface area contributed by atoms with E-state index in [0.717, 1.165) is 0 Å². The van der Waals surface area contributed by atoms with Gasteiger partial charge in [-0.2, -0.15) is 0 Å². The molecular weight excluding hydrogens is 420 g/mol. The van der Waals surface area contributed by atoms with Gasteiger partial charge in [0.15, 0.2) is 0 Å². The van der Waals surface area contributed by atoms with Crippen molar-refractivity contribution < 1.29 is 23.8 Å². The van der Waals surface area contributed by atoms with Gasteiger partial charge in [0.1, 0.15) is 17.2 Å². The summed E-state index contributed by atoms with van der Waals surface area (Å²) in [6.07, 6.45) is 0.558. The first kappa shape index (κ1) is 22.7. The van der Waals surface area contributed by atoms with E-state index < -0.39 is 0 Å². The van der Waals surface area contributed by atoms with E-state index in [1.165, 1.54) is 12.0 Å². The Labute approximate surface area is 186 Å². The minimum absolute atomic E-state index is 0.202. The van der Waals surface area contributed by atoms with Crippen LogP contribution in [-0.2, 0) is 14.3 Å². The van der Waals surface area contributed by atoms with Gasteiger partial charge in [-0.05, 0) is 49.2 Å². The number of imide groups is 1. The van der Waals surface area contributed by atoms with E-state index in [-0.39, 0.29) is 24.1 Å². The molecule has 0 radical (unpaired) electrons. The highest BCUT2D eigenvalue weighted by molar-refractivity contribution is 6.36. The van der Waals surface area contributed by atoms with Crippen molar-refractivity contribution in [3.8, 4) is 11.5 Å². The van der Waals surface area contributed by atoms with E-state index in [2.05, 4.69) is 5.32 Å². The molecule has 1 aliphatic rings. The lowest BCUT2D eigenvalue weighted by Crippen LogP contribution is -2.34. The lowest BCUT2D eigenvalue weighted by atomic mass is 10.0. The quantitative estimate of drug-likeness (QED) is 0.441. The van der Waals surface area contributed by atoms with Crippen molar-refractivity contribution in [2.75, 3.05) is 39.3 Å². The molecule has 0 saturated carbocycles. The fourth-order valence-electron chi connectivity index (χ4n) is 3.28. The Balaban J connectivity index is 1.95. The molecule has 0 fully saturated rings. The zero-order valence-electron chi connectivity index (χ0n) is 17.7. The van der Waals surface area contributed by atoms with Crippen LogP contribution >= 0.6 is 11.6 Å². The Morgan fingerprint density at radius 2 is 1.74 bits per heavy atom. The lowest BCUT2D eigenvalue weighted by Gasteiger charge is -2.15. The Hall–Kier alpha value is -3.03. The van der Waals surface area contributed by atoms with E-state index in [4.69, 9.17) is 25.8 Å². The molecule has 0 atom stereocenters. The molecule has 7 nitrogen and oxygen atoms in total. The van der Waals surface area contributed by atoms with Crippen LogP contribution in [0.3, 0.4) is 0 Å². The van der Waals surface area contributed by atoms with Gasteiger partial charge >= 0.3 is 0 Å². The number of methoxy groups -OCH3 is 2. The largest absolute Gasteiger partial charge is 0.497 e. The molecule has 0 saturated heterocycles. The second-order valence-corrected chi connectivity index (χ2v) is 7.17. The zero-order chi connectivity index (χ0) is 22.4. The maximum Gasteiger partial charge on any atom is 0.278 e. The molecule has 0 bridgehead atoms. The van der Waals surface area contributed by atoms with Crippen molar-refractivity contribution >= 4 is 34.7 Å². The molecule has 1 N–H and O–H groups in total. The minimum Gasteiger partial charge on any atom is -0.497 e. The van der Waals surface area contributed by atoms with Gasteiger partial charge in [-0.25, -0.2) is 0 Å². The first-order chi connectivity index (χ1) is 15.0. The number of anilines is 1. The lowest BCUT2D eigenvalue weighted by molar-refractivity contribution is -0.137. The number of benzene rings is 2. The third-order valence-electron chi connectivity index (χ3n) is 4.84. The molecule has 1 heterocycles. The van der Waals surface area contributed by atoms with Crippen molar-refractivity contribution in [2.24, 2.45) is 0 Å². The number of carbonyl (C=O) groups excluding carboxylic acids is 2. The number of hydrogen-bond donors (Lipinski definition) is 1. The van der Waals surface area contributed by atoms with E-state index in [0.29, 0.717) is 53.0 Å².